The molecule has 0 radical (unpaired) electrons. The molecule has 2 rings (SSSR count). The van der Waals surface area contributed by atoms with Gasteiger partial charge in [-0.3, -0.25) is 9.52 Å². The normalized spacial score (nSPS) is 14.9. The van der Waals surface area contributed by atoms with Gasteiger partial charge < -0.3 is 10.8 Å². The van der Waals surface area contributed by atoms with Crippen molar-refractivity contribution in [3.8, 4) is 0 Å². The molecule has 0 aromatic heterocycles. The highest BCUT2D eigenvalue weighted by Crippen LogP contribution is 2.18. The minimum atomic E-state index is -3.68. The topological polar surface area (TPSA) is 109 Å². The number of aliphatic hydroxyl groups is 1. The number of nitrogens with one attached hydrogen (secondary N) is 1. The molecule has 0 fully saturated rings. The van der Waals surface area contributed by atoms with Crippen molar-refractivity contribution < 1.29 is 18.3 Å². The lowest BCUT2D eigenvalue weighted by Crippen LogP contribution is -2.42. The van der Waals surface area contributed by atoms with Crippen molar-refractivity contribution in [2.45, 2.75) is 31.4 Å². The van der Waals surface area contributed by atoms with Crippen molar-refractivity contribution in [1.82, 2.24) is 4.72 Å². The Kier molecular flexibility index (Phi) is 7.53. The molecule has 6 nitrogen and oxygen atoms in total. The van der Waals surface area contributed by atoms with E-state index in [-0.39, 0.29) is 6.42 Å². The molecule has 3 atom stereocenters. The van der Waals surface area contributed by atoms with Crippen molar-refractivity contribution in [2.24, 2.45) is 11.7 Å². The van der Waals surface area contributed by atoms with E-state index in [4.69, 9.17) is 5.73 Å². The first-order valence-corrected chi connectivity index (χ1v) is 10.7. The van der Waals surface area contributed by atoms with Gasteiger partial charge in [0, 0.05) is 12.0 Å². The van der Waals surface area contributed by atoms with Gasteiger partial charge in [0.2, 0.25) is 15.9 Å². The molecule has 0 saturated carbocycles. The number of aliphatic hydroxyl groups excluding tert-OH is 1. The fourth-order valence-electron chi connectivity index (χ4n) is 2.94. The van der Waals surface area contributed by atoms with Gasteiger partial charge in [0.25, 0.3) is 0 Å². The lowest BCUT2D eigenvalue weighted by molar-refractivity contribution is -0.124. The third kappa shape index (κ3) is 7.50. The zero-order chi connectivity index (χ0) is 19.9. The Balaban J connectivity index is 2.08. The Morgan fingerprint density at radius 1 is 1.00 bits per heavy atom. The van der Waals surface area contributed by atoms with Crippen LogP contribution >= 0.6 is 0 Å². The number of hydrogen-bond donors (Lipinski definition) is 3. The number of sulfonamides is 1. The average Bonchev–Trinajstić information content (AvgIpc) is 2.61. The molecule has 0 bridgehead atoms. The number of rotatable bonds is 9. The second-order valence-electron chi connectivity index (χ2n) is 6.78. The Morgan fingerprint density at radius 2 is 1.48 bits per heavy atom. The van der Waals surface area contributed by atoms with E-state index in [0.717, 1.165) is 17.4 Å². The van der Waals surface area contributed by atoms with Gasteiger partial charge in [0.15, 0.2) is 0 Å². The molecule has 0 aliphatic carbocycles. The molecule has 0 heterocycles. The molecule has 0 saturated heterocycles. The lowest BCUT2D eigenvalue weighted by atomic mass is 9.89. The zero-order valence-corrected chi connectivity index (χ0v) is 16.1. The summed E-state index contributed by atoms with van der Waals surface area (Å²) in [7, 11) is -3.68. The minimum absolute atomic E-state index is 0.0737. The van der Waals surface area contributed by atoms with Gasteiger partial charge in [-0.05, 0) is 30.4 Å². The molecule has 7 heteroatoms. The van der Waals surface area contributed by atoms with E-state index in [2.05, 4.69) is 0 Å². The van der Waals surface area contributed by atoms with Crippen LogP contribution in [0.2, 0.25) is 0 Å². The molecule has 0 spiro atoms. The lowest BCUT2D eigenvalue weighted by Gasteiger charge is -2.24. The first-order valence-electron chi connectivity index (χ1n) is 8.77. The van der Waals surface area contributed by atoms with Crippen molar-refractivity contribution in [1.29, 1.82) is 0 Å². The quantitative estimate of drug-likeness (QED) is 0.597. The molecule has 2 aromatic rings. The Hall–Kier alpha value is -2.22. The van der Waals surface area contributed by atoms with Crippen LogP contribution in [0.1, 0.15) is 17.5 Å². The standard InChI is InChI=1S/C20H26N2O4S/c1-27(25,26)22-20(24)17(12-15-8-4-2-5-9-15)14-19(23)18(21)13-16-10-6-3-7-11-16/h2-11,17-19,23H,12-14,21H2,1H3,(H,22,24)/t17-,18+,19+/m1/s1. The van der Waals surface area contributed by atoms with E-state index < -0.39 is 34.0 Å². The second-order valence-corrected chi connectivity index (χ2v) is 8.53. The largest absolute Gasteiger partial charge is 0.391 e. The number of carbonyl (C=O) groups excluding carboxylic acids is 1. The molecule has 0 aliphatic heterocycles. The molecule has 4 N–H and O–H groups in total. The van der Waals surface area contributed by atoms with E-state index in [1.54, 1.807) is 0 Å². The predicted molar refractivity (Wildman–Crippen MR) is 105 cm³/mol. The summed E-state index contributed by atoms with van der Waals surface area (Å²) in [5.41, 5.74) is 7.99. The number of hydrogen-bond acceptors (Lipinski definition) is 5. The number of benzene rings is 2. The van der Waals surface area contributed by atoms with Crippen LogP contribution in [-0.2, 0) is 27.7 Å². The SMILES string of the molecule is CS(=O)(=O)NC(=O)[C@H](Cc1ccccc1)C[C@H](O)[C@@H](N)Cc1ccccc1. The smallest absolute Gasteiger partial charge is 0.236 e. The number of nitrogens with two attached hydrogens (primary N) is 1. The Labute approximate surface area is 160 Å². The Morgan fingerprint density at radius 3 is 1.96 bits per heavy atom. The predicted octanol–water partition coefficient (Wildman–Crippen LogP) is 1.24. The first-order chi connectivity index (χ1) is 12.7. The van der Waals surface area contributed by atoms with Crippen molar-refractivity contribution in [3.05, 3.63) is 71.8 Å². The van der Waals surface area contributed by atoms with Crippen molar-refractivity contribution in [2.75, 3.05) is 6.26 Å². The maximum Gasteiger partial charge on any atom is 0.236 e. The summed E-state index contributed by atoms with van der Waals surface area (Å²) in [6.45, 7) is 0. The summed E-state index contributed by atoms with van der Waals surface area (Å²) in [4.78, 5) is 12.4. The summed E-state index contributed by atoms with van der Waals surface area (Å²) in [5.74, 6) is -1.34. The van der Waals surface area contributed by atoms with Crippen molar-refractivity contribution in [3.63, 3.8) is 0 Å². The van der Waals surface area contributed by atoms with Crippen molar-refractivity contribution >= 4 is 15.9 Å². The highest BCUT2D eigenvalue weighted by molar-refractivity contribution is 7.89. The number of amides is 1. The molecule has 0 aliphatic rings. The van der Waals surface area contributed by atoms with E-state index >= 15 is 0 Å². The van der Waals surface area contributed by atoms with Gasteiger partial charge in [0.05, 0.1) is 12.4 Å². The molecular weight excluding hydrogens is 364 g/mol. The van der Waals surface area contributed by atoms with Gasteiger partial charge in [-0.25, -0.2) is 8.42 Å². The third-order valence-electron chi connectivity index (χ3n) is 4.32. The summed E-state index contributed by atoms with van der Waals surface area (Å²) in [6.07, 6.45) is 0.849. The van der Waals surface area contributed by atoms with Crippen LogP contribution in [0.5, 0.6) is 0 Å². The molecule has 27 heavy (non-hydrogen) atoms. The maximum atomic E-state index is 12.4. The average molecular weight is 391 g/mol. The van der Waals surface area contributed by atoms with Crippen LogP contribution in [0, 0.1) is 5.92 Å². The number of carbonyl (C=O) groups is 1. The third-order valence-corrected chi connectivity index (χ3v) is 4.89. The van der Waals surface area contributed by atoms with E-state index in [1.165, 1.54) is 0 Å². The molecule has 0 unspecified atom stereocenters. The summed E-state index contributed by atoms with van der Waals surface area (Å²) >= 11 is 0. The first kappa shape index (κ1) is 21.1. The van der Waals surface area contributed by atoms with Gasteiger partial charge in [-0.2, -0.15) is 0 Å². The monoisotopic (exact) mass is 390 g/mol. The van der Waals surface area contributed by atoms with Crippen LogP contribution in [-0.4, -0.2) is 37.8 Å². The second kappa shape index (κ2) is 9.64. The highest BCUT2D eigenvalue weighted by Gasteiger charge is 2.27. The molecule has 146 valence electrons. The highest BCUT2D eigenvalue weighted by atomic mass is 32.2. The van der Waals surface area contributed by atoms with Crippen LogP contribution in [0.4, 0.5) is 0 Å². The molecular formula is C20H26N2O4S. The minimum Gasteiger partial charge on any atom is -0.391 e. The summed E-state index contributed by atoms with van der Waals surface area (Å²) < 4.78 is 24.9. The zero-order valence-electron chi connectivity index (χ0n) is 15.3. The fourth-order valence-corrected chi connectivity index (χ4v) is 3.47. The van der Waals surface area contributed by atoms with Gasteiger partial charge in [-0.15, -0.1) is 0 Å². The fraction of sp³-hybridized carbons (Fsp3) is 0.350. The van der Waals surface area contributed by atoms with Crippen LogP contribution in [0.3, 0.4) is 0 Å². The van der Waals surface area contributed by atoms with E-state index in [1.807, 2.05) is 65.4 Å². The summed E-state index contributed by atoms with van der Waals surface area (Å²) in [6, 6.07) is 18.2. The van der Waals surface area contributed by atoms with Crippen LogP contribution in [0.15, 0.2) is 60.7 Å². The van der Waals surface area contributed by atoms with E-state index in [9.17, 15) is 18.3 Å². The maximum absolute atomic E-state index is 12.4. The summed E-state index contributed by atoms with van der Waals surface area (Å²) in [5, 5.41) is 10.5. The van der Waals surface area contributed by atoms with Crippen LogP contribution < -0.4 is 10.5 Å². The van der Waals surface area contributed by atoms with Gasteiger partial charge in [-0.1, -0.05) is 60.7 Å². The van der Waals surface area contributed by atoms with Gasteiger partial charge >= 0.3 is 0 Å². The molecule has 2 aromatic carbocycles. The molecule has 1 amide bonds. The Bertz CT molecular complexity index is 826. The van der Waals surface area contributed by atoms with E-state index in [0.29, 0.717) is 12.8 Å². The van der Waals surface area contributed by atoms with Gasteiger partial charge in [0.1, 0.15) is 0 Å². The van der Waals surface area contributed by atoms with Crippen LogP contribution in [0.25, 0.3) is 0 Å².